The SMILES string of the molecule is Cc1cc(C(=O)NCCNC(=O)c2ccn[nH]2)c(C)n1C1CC1. The summed E-state index contributed by atoms with van der Waals surface area (Å²) in [6.45, 7) is 4.77. The van der Waals surface area contributed by atoms with Gasteiger partial charge in [0.2, 0.25) is 0 Å². The van der Waals surface area contributed by atoms with E-state index in [1.807, 2.05) is 19.9 Å². The number of aromatic nitrogens is 3. The topological polar surface area (TPSA) is 91.8 Å². The standard InChI is InChI=1S/C16H21N5O2/c1-10-9-13(11(2)21(10)12-3-4-12)15(22)17-7-8-18-16(23)14-5-6-19-20-14/h5-6,9,12H,3-4,7-8H2,1-2H3,(H,17,22)(H,18,23)(H,19,20). The van der Waals surface area contributed by atoms with E-state index >= 15 is 0 Å². The van der Waals surface area contributed by atoms with Crippen molar-refractivity contribution in [2.24, 2.45) is 0 Å². The molecule has 23 heavy (non-hydrogen) atoms. The molecular formula is C16H21N5O2. The molecule has 1 fully saturated rings. The van der Waals surface area contributed by atoms with Crippen molar-refractivity contribution < 1.29 is 9.59 Å². The Morgan fingerprint density at radius 1 is 1.26 bits per heavy atom. The van der Waals surface area contributed by atoms with Gasteiger partial charge in [-0.3, -0.25) is 14.7 Å². The van der Waals surface area contributed by atoms with Gasteiger partial charge in [-0.25, -0.2) is 0 Å². The van der Waals surface area contributed by atoms with Crippen molar-refractivity contribution in [2.45, 2.75) is 32.7 Å². The second kappa shape index (κ2) is 6.28. The number of aromatic amines is 1. The van der Waals surface area contributed by atoms with E-state index in [1.54, 1.807) is 6.07 Å². The van der Waals surface area contributed by atoms with E-state index in [1.165, 1.54) is 19.0 Å². The van der Waals surface area contributed by atoms with Crippen LogP contribution in [0.2, 0.25) is 0 Å². The lowest BCUT2D eigenvalue weighted by molar-refractivity contribution is 0.0924. The normalized spacial score (nSPS) is 13.8. The first kappa shape index (κ1) is 15.3. The third-order valence-corrected chi connectivity index (χ3v) is 4.08. The quantitative estimate of drug-likeness (QED) is 0.702. The van der Waals surface area contributed by atoms with Crippen LogP contribution >= 0.6 is 0 Å². The molecule has 1 aliphatic carbocycles. The Labute approximate surface area is 134 Å². The number of carbonyl (C=O) groups excluding carboxylic acids is 2. The van der Waals surface area contributed by atoms with Gasteiger partial charge in [-0.1, -0.05) is 0 Å². The molecule has 0 atom stereocenters. The first-order valence-electron chi connectivity index (χ1n) is 7.82. The number of nitrogens with zero attached hydrogens (tertiary/aromatic N) is 2. The second-order valence-electron chi connectivity index (χ2n) is 5.87. The summed E-state index contributed by atoms with van der Waals surface area (Å²) in [5.41, 5.74) is 3.27. The van der Waals surface area contributed by atoms with Crippen LogP contribution in [-0.2, 0) is 0 Å². The first-order chi connectivity index (χ1) is 11.1. The molecule has 7 heteroatoms. The largest absolute Gasteiger partial charge is 0.350 e. The van der Waals surface area contributed by atoms with Gasteiger partial charge >= 0.3 is 0 Å². The van der Waals surface area contributed by atoms with Gasteiger partial charge in [0.25, 0.3) is 11.8 Å². The summed E-state index contributed by atoms with van der Waals surface area (Å²) in [5, 5.41) is 11.9. The van der Waals surface area contributed by atoms with Gasteiger partial charge in [0.1, 0.15) is 5.69 Å². The number of aryl methyl sites for hydroxylation is 1. The molecule has 0 aliphatic heterocycles. The summed E-state index contributed by atoms with van der Waals surface area (Å²) >= 11 is 0. The summed E-state index contributed by atoms with van der Waals surface area (Å²) in [4.78, 5) is 24.0. The summed E-state index contributed by atoms with van der Waals surface area (Å²) in [6, 6.07) is 4.09. The molecule has 7 nitrogen and oxygen atoms in total. The average Bonchev–Trinajstić information content (AvgIpc) is 3.10. The molecule has 2 aromatic rings. The molecule has 0 radical (unpaired) electrons. The predicted molar refractivity (Wildman–Crippen MR) is 85.4 cm³/mol. The zero-order valence-electron chi connectivity index (χ0n) is 13.3. The van der Waals surface area contributed by atoms with Crippen LogP contribution in [0.5, 0.6) is 0 Å². The van der Waals surface area contributed by atoms with Crippen molar-refractivity contribution in [1.82, 2.24) is 25.4 Å². The molecule has 0 aromatic carbocycles. The fourth-order valence-corrected chi connectivity index (χ4v) is 2.83. The highest BCUT2D eigenvalue weighted by atomic mass is 16.2. The molecule has 3 rings (SSSR count). The van der Waals surface area contributed by atoms with Crippen molar-refractivity contribution >= 4 is 11.8 Å². The lowest BCUT2D eigenvalue weighted by Gasteiger charge is -2.08. The molecule has 0 unspecified atom stereocenters. The van der Waals surface area contributed by atoms with Gasteiger partial charge in [-0.05, 0) is 38.8 Å². The maximum absolute atomic E-state index is 12.3. The number of rotatable bonds is 6. The molecule has 2 aromatic heterocycles. The Balaban J connectivity index is 1.50. The van der Waals surface area contributed by atoms with Crippen LogP contribution in [0, 0.1) is 13.8 Å². The van der Waals surface area contributed by atoms with Crippen LogP contribution in [0.4, 0.5) is 0 Å². The predicted octanol–water partition coefficient (Wildman–Crippen LogP) is 1.32. The molecule has 0 saturated heterocycles. The summed E-state index contributed by atoms with van der Waals surface area (Å²) in [7, 11) is 0. The van der Waals surface area contributed by atoms with Crippen LogP contribution in [0.1, 0.15) is 51.1 Å². The smallest absolute Gasteiger partial charge is 0.269 e. The minimum atomic E-state index is -0.233. The molecule has 2 amide bonds. The number of carbonyl (C=O) groups is 2. The summed E-state index contributed by atoms with van der Waals surface area (Å²) in [6.07, 6.45) is 3.90. The van der Waals surface area contributed by atoms with E-state index in [4.69, 9.17) is 0 Å². The van der Waals surface area contributed by atoms with Gasteiger partial charge in [-0.2, -0.15) is 5.10 Å². The molecule has 2 heterocycles. The zero-order chi connectivity index (χ0) is 16.4. The number of hydrogen-bond donors (Lipinski definition) is 3. The van der Waals surface area contributed by atoms with Gasteiger partial charge in [0.05, 0.1) is 5.56 Å². The first-order valence-corrected chi connectivity index (χ1v) is 7.82. The van der Waals surface area contributed by atoms with Gasteiger partial charge < -0.3 is 15.2 Å². The third kappa shape index (κ3) is 3.28. The molecule has 1 aliphatic rings. The fraction of sp³-hybridized carbons (Fsp3) is 0.438. The van der Waals surface area contributed by atoms with Crippen LogP contribution in [0.3, 0.4) is 0 Å². The number of nitrogens with one attached hydrogen (secondary N) is 3. The Morgan fingerprint density at radius 3 is 2.57 bits per heavy atom. The van der Waals surface area contributed by atoms with Gasteiger partial charge in [-0.15, -0.1) is 0 Å². The Kier molecular flexibility index (Phi) is 4.18. The van der Waals surface area contributed by atoms with E-state index in [9.17, 15) is 9.59 Å². The average molecular weight is 315 g/mol. The maximum atomic E-state index is 12.3. The number of amides is 2. The van der Waals surface area contributed by atoms with Crippen LogP contribution < -0.4 is 10.6 Å². The highest BCUT2D eigenvalue weighted by Crippen LogP contribution is 2.38. The second-order valence-corrected chi connectivity index (χ2v) is 5.87. The Morgan fingerprint density at radius 2 is 1.96 bits per heavy atom. The van der Waals surface area contributed by atoms with Crippen molar-refractivity contribution in [3.8, 4) is 0 Å². The van der Waals surface area contributed by atoms with Crippen LogP contribution in [-0.4, -0.2) is 39.7 Å². The molecule has 3 N–H and O–H groups in total. The van der Waals surface area contributed by atoms with Crippen LogP contribution in [0.15, 0.2) is 18.3 Å². The molecule has 122 valence electrons. The van der Waals surface area contributed by atoms with Crippen molar-refractivity contribution in [1.29, 1.82) is 0 Å². The molecule has 0 bridgehead atoms. The maximum Gasteiger partial charge on any atom is 0.269 e. The summed E-state index contributed by atoms with van der Waals surface area (Å²) in [5.74, 6) is -0.329. The number of H-pyrrole nitrogens is 1. The van der Waals surface area contributed by atoms with E-state index in [0.29, 0.717) is 30.4 Å². The van der Waals surface area contributed by atoms with E-state index in [-0.39, 0.29) is 11.8 Å². The zero-order valence-corrected chi connectivity index (χ0v) is 13.3. The highest BCUT2D eigenvalue weighted by molar-refractivity contribution is 5.96. The van der Waals surface area contributed by atoms with Gasteiger partial charge in [0, 0.05) is 36.7 Å². The number of hydrogen-bond acceptors (Lipinski definition) is 3. The molecular weight excluding hydrogens is 294 g/mol. The van der Waals surface area contributed by atoms with Crippen molar-refractivity contribution in [3.63, 3.8) is 0 Å². The van der Waals surface area contributed by atoms with E-state index in [2.05, 4.69) is 25.4 Å². The highest BCUT2D eigenvalue weighted by Gasteiger charge is 2.28. The Bertz CT molecular complexity index is 713. The lowest BCUT2D eigenvalue weighted by atomic mass is 10.2. The van der Waals surface area contributed by atoms with E-state index < -0.39 is 0 Å². The monoisotopic (exact) mass is 315 g/mol. The minimum absolute atomic E-state index is 0.0965. The van der Waals surface area contributed by atoms with Gasteiger partial charge in [0.15, 0.2) is 0 Å². The van der Waals surface area contributed by atoms with Crippen molar-refractivity contribution in [3.05, 3.63) is 41.0 Å². The molecule has 1 saturated carbocycles. The lowest BCUT2D eigenvalue weighted by Crippen LogP contribution is -2.35. The third-order valence-electron chi connectivity index (χ3n) is 4.08. The van der Waals surface area contributed by atoms with Crippen LogP contribution in [0.25, 0.3) is 0 Å². The Hall–Kier alpha value is -2.57. The minimum Gasteiger partial charge on any atom is -0.350 e. The van der Waals surface area contributed by atoms with Crippen molar-refractivity contribution in [2.75, 3.05) is 13.1 Å². The fourth-order valence-electron chi connectivity index (χ4n) is 2.83. The molecule has 0 spiro atoms. The summed E-state index contributed by atoms with van der Waals surface area (Å²) < 4.78 is 2.24. The van der Waals surface area contributed by atoms with E-state index in [0.717, 1.165) is 11.4 Å².